The lowest BCUT2D eigenvalue weighted by Crippen LogP contribution is -1.83. The highest BCUT2D eigenvalue weighted by Gasteiger charge is 1.50. The minimum Gasteiger partial charge on any atom is -0.403 e. The normalized spacial score (nSPS) is 6.25. The predicted molar refractivity (Wildman–Crippen MR) is 21.1 cm³/mol. The third-order valence-corrected chi connectivity index (χ3v) is 0. The van der Waals surface area contributed by atoms with Crippen molar-refractivity contribution in [2.45, 2.75) is 6.92 Å². The second-order valence-corrected chi connectivity index (χ2v) is 0.846. The Kier molecular flexibility index (Phi) is 0.826. The van der Waals surface area contributed by atoms with Crippen LogP contribution in [0.15, 0.2) is 12.3 Å². The van der Waals surface area contributed by atoms with Crippen molar-refractivity contribution < 1.29 is 1.43 Å². The molecule has 0 amide bonds. The van der Waals surface area contributed by atoms with Crippen molar-refractivity contribution in [3.63, 3.8) is 0 Å². The molecule has 0 aliphatic carbocycles. The molecule has 2 N–H and O–H groups in total. The quantitative estimate of drug-likeness (QED) is 0.437. The van der Waals surface area contributed by atoms with Crippen molar-refractivity contribution in [2.75, 3.05) is 0 Å². The first-order chi connectivity index (χ1) is 1.73. The predicted octanol–water partition coefficient (Wildman–Crippen LogP) is 0.725. The molecule has 0 heterocycles. The summed E-state index contributed by atoms with van der Waals surface area (Å²) in [6.07, 6.45) is 0. The van der Waals surface area contributed by atoms with Crippen LogP contribution in [0.1, 0.15) is 8.35 Å². The SMILES string of the molecule is C=C(C)N.[HH]. The van der Waals surface area contributed by atoms with Crippen LogP contribution >= 0.6 is 0 Å². The first kappa shape index (κ1) is 3.54. The highest BCUT2D eigenvalue weighted by atomic mass is 14.5. The highest BCUT2D eigenvalue weighted by Crippen LogP contribution is 1.58. The van der Waals surface area contributed by atoms with Crippen LogP contribution in [0.25, 0.3) is 0 Å². The van der Waals surface area contributed by atoms with Gasteiger partial charge in [-0.1, -0.05) is 6.58 Å². The van der Waals surface area contributed by atoms with Gasteiger partial charge in [0.2, 0.25) is 0 Å². The molecule has 0 radical (unpaired) electrons. The Morgan fingerprint density at radius 1 is 2.25 bits per heavy atom. The summed E-state index contributed by atoms with van der Waals surface area (Å²) in [6.45, 7) is 5.08. The zero-order valence-corrected chi connectivity index (χ0v) is 2.78. The number of rotatable bonds is 0. The lowest BCUT2D eigenvalue weighted by molar-refractivity contribution is 1.34. The lowest BCUT2D eigenvalue weighted by Gasteiger charge is -1.69. The molecule has 0 unspecified atom stereocenters. The molecule has 4 heavy (non-hydrogen) atoms. The lowest BCUT2D eigenvalue weighted by atomic mass is 10.6. The van der Waals surface area contributed by atoms with E-state index >= 15 is 0 Å². The van der Waals surface area contributed by atoms with Gasteiger partial charge in [0.1, 0.15) is 0 Å². The molecule has 0 aromatic rings. The van der Waals surface area contributed by atoms with Crippen LogP contribution in [0.2, 0.25) is 0 Å². The molecule has 0 saturated carbocycles. The largest absolute Gasteiger partial charge is 0.403 e. The Labute approximate surface area is 27.6 Å². The fraction of sp³-hybridized carbons (Fsp3) is 0.333. The molecule has 0 aromatic carbocycles. The monoisotopic (exact) mass is 59.1 g/mol. The molecule has 0 spiro atoms. The molecule has 0 bridgehead atoms. The summed E-state index contributed by atoms with van der Waals surface area (Å²) >= 11 is 0. The van der Waals surface area contributed by atoms with Crippen LogP contribution in [-0.4, -0.2) is 0 Å². The Balaban J connectivity index is 0. The molecule has 26 valence electrons. The maximum atomic E-state index is 4.92. The van der Waals surface area contributed by atoms with E-state index in [0.717, 1.165) is 0 Å². The van der Waals surface area contributed by atoms with Gasteiger partial charge in [-0.05, 0) is 12.6 Å². The van der Waals surface area contributed by atoms with Gasteiger partial charge in [-0.15, -0.1) is 0 Å². The minimum atomic E-state index is 0. The summed E-state index contributed by atoms with van der Waals surface area (Å²) in [6, 6.07) is 0. The smallest absolute Gasteiger partial charge is 0 e. The second kappa shape index (κ2) is 0.934. The van der Waals surface area contributed by atoms with E-state index in [-0.39, 0.29) is 1.43 Å². The van der Waals surface area contributed by atoms with Crippen molar-refractivity contribution >= 4 is 0 Å². The molecule has 0 fully saturated rings. The van der Waals surface area contributed by atoms with Gasteiger partial charge in [0.15, 0.2) is 0 Å². The zero-order valence-electron chi connectivity index (χ0n) is 2.78. The van der Waals surface area contributed by atoms with Gasteiger partial charge in [0.05, 0.1) is 0 Å². The fourth-order valence-electron chi connectivity index (χ4n) is 0. The third kappa shape index (κ3) is 2.12. The molecule has 1 heteroatoms. The van der Waals surface area contributed by atoms with Crippen molar-refractivity contribution in [3.8, 4) is 0 Å². The first-order valence-corrected chi connectivity index (χ1v) is 1.14. The van der Waals surface area contributed by atoms with Crippen molar-refractivity contribution in [3.05, 3.63) is 12.3 Å². The number of hydrogen-bond acceptors (Lipinski definition) is 1. The standard InChI is InChI=1S/C3H7N.H2/c1-3(2)4;/h1,4H2,2H3;1H. The average Bonchev–Trinajstić information content (AvgIpc) is 0.811. The van der Waals surface area contributed by atoms with Crippen LogP contribution in [0.4, 0.5) is 0 Å². The Morgan fingerprint density at radius 2 is 2.25 bits per heavy atom. The number of hydrogen-bond donors (Lipinski definition) is 1. The average molecular weight is 59.1 g/mol. The third-order valence-electron chi connectivity index (χ3n) is 0. The van der Waals surface area contributed by atoms with Crippen molar-refractivity contribution in [2.24, 2.45) is 5.73 Å². The van der Waals surface area contributed by atoms with Gasteiger partial charge >= 0.3 is 0 Å². The minimum absolute atomic E-state index is 0. The van der Waals surface area contributed by atoms with E-state index in [2.05, 4.69) is 6.58 Å². The van der Waals surface area contributed by atoms with Crippen LogP contribution in [-0.2, 0) is 0 Å². The molecule has 1 nitrogen and oxygen atoms in total. The molecule has 0 rings (SSSR count). The van der Waals surface area contributed by atoms with Gasteiger partial charge in [-0.25, -0.2) is 0 Å². The Morgan fingerprint density at radius 3 is 2.25 bits per heavy atom. The Hall–Kier alpha value is -0.460. The van der Waals surface area contributed by atoms with Crippen LogP contribution in [0.5, 0.6) is 0 Å². The van der Waals surface area contributed by atoms with E-state index in [4.69, 9.17) is 5.73 Å². The van der Waals surface area contributed by atoms with Crippen LogP contribution in [0, 0.1) is 0 Å². The maximum absolute atomic E-state index is 4.92. The Bertz CT molecular complexity index is 29.9. The van der Waals surface area contributed by atoms with Crippen LogP contribution in [0.3, 0.4) is 0 Å². The van der Waals surface area contributed by atoms with Crippen molar-refractivity contribution in [1.82, 2.24) is 0 Å². The topological polar surface area (TPSA) is 26.0 Å². The maximum Gasteiger partial charge on any atom is 0 e. The molecule has 0 aromatic heterocycles. The molecule has 0 saturated heterocycles. The van der Waals surface area contributed by atoms with Crippen molar-refractivity contribution in [1.29, 1.82) is 0 Å². The van der Waals surface area contributed by atoms with Crippen LogP contribution < -0.4 is 5.73 Å². The molecule has 0 aliphatic heterocycles. The van der Waals surface area contributed by atoms with Gasteiger partial charge in [0, 0.05) is 1.43 Å². The zero-order chi connectivity index (χ0) is 3.58. The fourth-order valence-corrected chi connectivity index (χ4v) is 0. The van der Waals surface area contributed by atoms with Gasteiger partial charge in [-0.3, -0.25) is 0 Å². The summed E-state index contributed by atoms with van der Waals surface area (Å²) in [5.74, 6) is 0. The van der Waals surface area contributed by atoms with Gasteiger partial charge in [0.25, 0.3) is 0 Å². The van der Waals surface area contributed by atoms with E-state index in [1.54, 1.807) is 6.92 Å². The molecule has 0 aliphatic rings. The molecule has 0 atom stereocenters. The second-order valence-electron chi connectivity index (χ2n) is 0.846. The number of nitrogens with two attached hydrogens (primary N) is 1. The summed E-state index contributed by atoms with van der Waals surface area (Å²) in [7, 11) is 0. The van der Waals surface area contributed by atoms with E-state index in [1.165, 1.54) is 0 Å². The van der Waals surface area contributed by atoms with E-state index in [0.29, 0.717) is 5.70 Å². The summed E-state index contributed by atoms with van der Waals surface area (Å²) in [5.41, 5.74) is 5.58. The van der Waals surface area contributed by atoms with Gasteiger partial charge < -0.3 is 5.73 Å². The first-order valence-electron chi connectivity index (χ1n) is 1.14. The molecular formula is C3H9N. The van der Waals surface area contributed by atoms with E-state index in [9.17, 15) is 0 Å². The highest BCUT2D eigenvalue weighted by molar-refractivity contribution is 4.76. The summed E-state index contributed by atoms with van der Waals surface area (Å²) in [5, 5.41) is 0. The summed E-state index contributed by atoms with van der Waals surface area (Å²) in [4.78, 5) is 0. The van der Waals surface area contributed by atoms with E-state index < -0.39 is 0 Å². The molecular weight excluding hydrogens is 50.0 g/mol. The van der Waals surface area contributed by atoms with Gasteiger partial charge in [-0.2, -0.15) is 0 Å². The number of allylic oxidation sites excluding steroid dienone is 1. The van der Waals surface area contributed by atoms with E-state index in [1.807, 2.05) is 0 Å². The summed E-state index contributed by atoms with van der Waals surface area (Å²) < 4.78 is 0.